The molecule has 1 aromatic heterocycles. The van der Waals surface area contributed by atoms with Crippen LogP contribution in [0.15, 0.2) is 47.6 Å². The van der Waals surface area contributed by atoms with Crippen LogP contribution in [0.2, 0.25) is 0 Å². The molecule has 3 rings (SSSR count). The maximum atomic E-state index is 14.2. The molecule has 1 aliphatic rings. The van der Waals surface area contributed by atoms with Gasteiger partial charge in [-0.15, -0.1) is 0 Å². The number of nitrogen functional groups attached to an aromatic ring is 1. The Hall–Kier alpha value is -2.72. The van der Waals surface area contributed by atoms with E-state index in [1.165, 1.54) is 27.5 Å². The minimum Gasteiger partial charge on any atom is -0.444 e. The summed E-state index contributed by atoms with van der Waals surface area (Å²) in [5, 5.41) is 0. The Morgan fingerprint density at radius 3 is 2.53 bits per heavy atom. The number of rotatable bonds is 5. The molecule has 1 aromatic carbocycles. The van der Waals surface area contributed by atoms with Gasteiger partial charge in [-0.05, 0) is 45.7 Å². The molecule has 0 unspecified atom stereocenters. The van der Waals surface area contributed by atoms with Gasteiger partial charge in [0.2, 0.25) is 10.0 Å². The van der Waals surface area contributed by atoms with Crippen LogP contribution in [0.4, 0.5) is 14.9 Å². The third-order valence-electron chi connectivity index (χ3n) is 5.20. The Morgan fingerprint density at radius 2 is 1.91 bits per heavy atom. The monoisotopic (exact) mass is 464 g/mol. The molecule has 2 heterocycles. The minimum atomic E-state index is -3.80. The number of carbonyl (C=O) groups excluding carboxylic acids is 1. The Balaban J connectivity index is 1.86. The lowest BCUT2D eigenvalue weighted by Crippen LogP contribution is -2.57. The zero-order chi connectivity index (χ0) is 23.5. The van der Waals surface area contributed by atoms with Crippen LogP contribution >= 0.6 is 0 Å². The minimum absolute atomic E-state index is 0.107. The van der Waals surface area contributed by atoms with Crippen LogP contribution < -0.4 is 5.73 Å². The Morgan fingerprint density at radius 1 is 1.22 bits per heavy atom. The van der Waals surface area contributed by atoms with Crippen molar-refractivity contribution in [3.8, 4) is 0 Å². The number of nitrogens with two attached hydrogens (primary N) is 1. The van der Waals surface area contributed by atoms with Gasteiger partial charge < -0.3 is 15.4 Å². The number of piperazine rings is 1. The lowest BCUT2D eigenvalue weighted by Gasteiger charge is -2.41. The van der Waals surface area contributed by atoms with Gasteiger partial charge in [-0.1, -0.05) is 18.2 Å². The molecule has 10 heteroatoms. The SMILES string of the molecule is CC(C)(C)OC(=O)N1CCN(S(=O)(=O)c2ccccc2)[C@@H](CCc2c(N)cncc2F)C1. The van der Waals surface area contributed by atoms with Crippen molar-refractivity contribution in [1.29, 1.82) is 0 Å². The van der Waals surface area contributed by atoms with Gasteiger partial charge in [0, 0.05) is 31.2 Å². The number of pyridine rings is 1. The van der Waals surface area contributed by atoms with E-state index < -0.39 is 33.6 Å². The summed E-state index contributed by atoms with van der Waals surface area (Å²) in [6.07, 6.45) is 2.42. The standard InChI is InChI=1S/C22H29FN4O4S/c1-22(2,3)31-21(28)26-11-12-27(32(29,30)17-7-5-4-6-8-17)16(15-26)9-10-18-19(23)13-25-14-20(18)24/h4-8,13-14,16H,9-12,15,24H2,1-3H3/t16-/m0/s1. The normalized spacial score (nSPS) is 17.9. The number of anilines is 1. The van der Waals surface area contributed by atoms with E-state index in [0.29, 0.717) is 0 Å². The number of carbonyl (C=O) groups is 1. The van der Waals surface area contributed by atoms with Crippen molar-refractivity contribution in [1.82, 2.24) is 14.2 Å². The van der Waals surface area contributed by atoms with E-state index >= 15 is 0 Å². The molecule has 174 valence electrons. The summed E-state index contributed by atoms with van der Waals surface area (Å²) in [5.74, 6) is -0.540. The van der Waals surface area contributed by atoms with Crippen molar-refractivity contribution in [3.05, 3.63) is 54.1 Å². The fraction of sp³-hybridized carbons (Fsp3) is 0.455. The van der Waals surface area contributed by atoms with Gasteiger partial charge >= 0.3 is 6.09 Å². The second kappa shape index (κ2) is 9.41. The quantitative estimate of drug-likeness (QED) is 0.729. The fourth-order valence-corrected chi connectivity index (χ4v) is 5.32. The number of benzene rings is 1. The molecule has 1 amide bonds. The highest BCUT2D eigenvalue weighted by atomic mass is 32.2. The molecule has 1 aliphatic heterocycles. The van der Waals surface area contributed by atoms with Crippen LogP contribution in [0.5, 0.6) is 0 Å². The fourth-order valence-electron chi connectivity index (χ4n) is 3.66. The average molecular weight is 465 g/mol. The molecule has 0 spiro atoms. The first-order valence-corrected chi connectivity index (χ1v) is 11.9. The third-order valence-corrected chi connectivity index (χ3v) is 7.16. The first kappa shape index (κ1) is 23.9. The van der Waals surface area contributed by atoms with Gasteiger partial charge in [-0.2, -0.15) is 4.31 Å². The third kappa shape index (κ3) is 5.55. The zero-order valence-electron chi connectivity index (χ0n) is 18.5. The average Bonchev–Trinajstić information content (AvgIpc) is 2.72. The molecular weight excluding hydrogens is 435 g/mol. The van der Waals surface area contributed by atoms with Crippen LogP contribution in [0.1, 0.15) is 32.8 Å². The molecule has 2 N–H and O–H groups in total. The summed E-state index contributed by atoms with van der Waals surface area (Å²) in [4.78, 5) is 18.0. The Labute approximate surface area is 188 Å². The largest absolute Gasteiger partial charge is 0.444 e. The highest BCUT2D eigenvalue weighted by molar-refractivity contribution is 7.89. The van der Waals surface area contributed by atoms with E-state index in [1.54, 1.807) is 39.0 Å². The summed E-state index contributed by atoms with van der Waals surface area (Å²) in [5.41, 5.74) is 5.70. The highest BCUT2D eigenvalue weighted by Crippen LogP contribution is 2.26. The Kier molecular flexibility index (Phi) is 7.04. The second-order valence-electron chi connectivity index (χ2n) is 8.74. The molecule has 1 atom stereocenters. The van der Waals surface area contributed by atoms with Gasteiger partial charge in [0.1, 0.15) is 11.4 Å². The lowest BCUT2D eigenvalue weighted by molar-refractivity contribution is 0.0127. The van der Waals surface area contributed by atoms with Crippen LogP contribution in [0, 0.1) is 5.82 Å². The number of nitrogens with zero attached hydrogens (tertiary/aromatic N) is 3. The number of hydrogen-bond acceptors (Lipinski definition) is 6. The van der Waals surface area contributed by atoms with Crippen molar-refractivity contribution >= 4 is 21.8 Å². The number of ether oxygens (including phenoxy) is 1. The van der Waals surface area contributed by atoms with Crippen LogP contribution in [0.25, 0.3) is 0 Å². The van der Waals surface area contributed by atoms with Crippen molar-refractivity contribution in [2.75, 3.05) is 25.4 Å². The smallest absolute Gasteiger partial charge is 0.410 e. The predicted molar refractivity (Wildman–Crippen MR) is 119 cm³/mol. The molecular formula is C22H29FN4O4S. The molecule has 1 fully saturated rings. The highest BCUT2D eigenvalue weighted by Gasteiger charge is 2.38. The van der Waals surface area contributed by atoms with Gasteiger partial charge in [-0.25, -0.2) is 17.6 Å². The van der Waals surface area contributed by atoms with E-state index in [2.05, 4.69) is 4.98 Å². The second-order valence-corrected chi connectivity index (χ2v) is 10.6. The maximum Gasteiger partial charge on any atom is 0.410 e. The molecule has 1 saturated heterocycles. The van der Waals surface area contributed by atoms with Gasteiger partial charge in [0.05, 0.1) is 23.0 Å². The molecule has 32 heavy (non-hydrogen) atoms. The van der Waals surface area contributed by atoms with E-state index in [1.807, 2.05) is 0 Å². The number of sulfonamides is 1. The number of hydrogen-bond donors (Lipinski definition) is 1. The van der Waals surface area contributed by atoms with Crippen LogP contribution in [-0.2, 0) is 21.2 Å². The van der Waals surface area contributed by atoms with Gasteiger partial charge in [0.15, 0.2) is 0 Å². The van der Waals surface area contributed by atoms with Crippen LogP contribution in [-0.4, -0.2) is 60.0 Å². The van der Waals surface area contributed by atoms with Crippen molar-refractivity contribution < 1.29 is 22.3 Å². The molecule has 8 nitrogen and oxygen atoms in total. The van der Waals surface area contributed by atoms with E-state index in [-0.39, 0.29) is 48.6 Å². The summed E-state index contributed by atoms with van der Waals surface area (Å²) in [7, 11) is -3.80. The maximum absolute atomic E-state index is 14.2. The van der Waals surface area contributed by atoms with Crippen LogP contribution in [0.3, 0.4) is 0 Å². The van der Waals surface area contributed by atoms with E-state index in [0.717, 1.165) is 6.20 Å². The summed E-state index contributed by atoms with van der Waals surface area (Å²) < 4.78 is 47.7. The lowest BCUT2D eigenvalue weighted by atomic mass is 10.0. The van der Waals surface area contributed by atoms with E-state index in [9.17, 15) is 17.6 Å². The summed E-state index contributed by atoms with van der Waals surface area (Å²) in [6, 6.07) is 7.55. The molecule has 0 radical (unpaired) electrons. The molecule has 2 aromatic rings. The number of amides is 1. The number of halogens is 1. The molecule has 0 aliphatic carbocycles. The summed E-state index contributed by atoms with van der Waals surface area (Å²) >= 11 is 0. The predicted octanol–water partition coefficient (Wildman–Crippen LogP) is 3.05. The van der Waals surface area contributed by atoms with Crippen molar-refractivity contribution in [3.63, 3.8) is 0 Å². The first-order chi connectivity index (χ1) is 15.0. The number of aromatic nitrogens is 1. The first-order valence-electron chi connectivity index (χ1n) is 10.4. The topological polar surface area (TPSA) is 106 Å². The zero-order valence-corrected chi connectivity index (χ0v) is 19.3. The van der Waals surface area contributed by atoms with Crippen molar-refractivity contribution in [2.24, 2.45) is 0 Å². The van der Waals surface area contributed by atoms with Crippen molar-refractivity contribution in [2.45, 2.75) is 50.2 Å². The Bertz CT molecular complexity index is 1040. The van der Waals surface area contributed by atoms with E-state index in [4.69, 9.17) is 10.5 Å². The molecule has 0 bridgehead atoms. The summed E-state index contributed by atoms with van der Waals surface area (Å²) in [6.45, 7) is 5.75. The van der Waals surface area contributed by atoms with Gasteiger partial charge in [0.25, 0.3) is 0 Å². The van der Waals surface area contributed by atoms with Gasteiger partial charge in [-0.3, -0.25) is 4.98 Å². The molecule has 0 saturated carbocycles.